The van der Waals surface area contributed by atoms with E-state index >= 15 is 0 Å². The molecule has 1 amide bonds. The van der Waals surface area contributed by atoms with Gasteiger partial charge < -0.3 is 19.1 Å². The van der Waals surface area contributed by atoms with Gasteiger partial charge in [-0.3, -0.25) is 4.79 Å². The van der Waals surface area contributed by atoms with Crippen molar-refractivity contribution in [1.82, 2.24) is 14.4 Å². The fraction of sp³-hybridized carbons (Fsp3) is 0.609. The number of hydrogen-bond acceptors (Lipinski definition) is 3. The summed E-state index contributed by atoms with van der Waals surface area (Å²) in [6.45, 7) is 3.05. The normalized spacial score (nSPS) is 26.1. The van der Waals surface area contributed by atoms with Crippen molar-refractivity contribution in [1.29, 1.82) is 0 Å². The predicted molar refractivity (Wildman–Crippen MR) is 111 cm³/mol. The second-order valence-corrected chi connectivity index (χ2v) is 9.25. The van der Waals surface area contributed by atoms with Crippen molar-refractivity contribution in [2.45, 2.75) is 49.7 Å². The molecule has 5 nitrogen and oxygen atoms in total. The van der Waals surface area contributed by atoms with E-state index in [9.17, 15) is 13.6 Å². The number of piperidine rings is 2. The van der Waals surface area contributed by atoms with E-state index in [4.69, 9.17) is 4.74 Å². The summed E-state index contributed by atoms with van der Waals surface area (Å²) in [5.41, 5.74) is 1.70. The van der Waals surface area contributed by atoms with Gasteiger partial charge in [-0.25, -0.2) is 8.78 Å². The lowest BCUT2D eigenvalue weighted by molar-refractivity contribution is -0.229. The number of aryl methyl sites for hydroxylation is 1. The first kappa shape index (κ1) is 19.9. The van der Waals surface area contributed by atoms with Gasteiger partial charge in [0.05, 0.1) is 17.3 Å². The third-order valence-electron chi connectivity index (χ3n) is 7.16. The van der Waals surface area contributed by atoms with Gasteiger partial charge in [-0.1, -0.05) is 18.2 Å². The number of alkyl halides is 2. The molecule has 0 unspecified atom stereocenters. The molecule has 3 saturated heterocycles. The van der Waals surface area contributed by atoms with Crippen LogP contribution in [-0.4, -0.2) is 70.6 Å². The maximum atomic E-state index is 13.3. The minimum absolute atomic E-state index is 0.0455. The average Bonchev–Trinajstić information content (AvgIpc) is 3.05. The van der Waals surface area contributed by atoms with E-state index in [1.54, 1.807) is 0 Å². The Labute approximate surface area is 175 Å². The topological polar surface area (TPSA) is 37.7 Å². The molecule has 0 aliphatic carbocycles. The first-order valence-corrected chi connectivity index (χ1v) is 11.0. The van der Waals surface area contributed by atoms with Gasteiger partial charge >= 0.3 is 0 Å². The van der Waals surface area contributed by atoms with Crippen LogP contribution in [0, 0.1) is 0 Å². The molecule has 0 bridgehead atoms. The van der Waals surface area contributed by atoms with E-state index in [0.29, 0.717) is 26.2 Å². The minimum atomic E-state index is -2.50. The molecule has 1 spiro atoms. The van der Waals surface area contributed by atoms with Crippen molar-refractivity contribution >= 4 is 16.8 Å². The van der Waals surface area contributed by atoms with Gasteiger partial charge in [0.2, 0.25) is 0 Å². The number of rotatable bonds is 3. The number of carbonyl (C=O) groups is 1. The Balaban J connectivity index is 1.14. The van der Waals surface area contributed by atoms with Crippen LogP contribution < -0.4 is 0 Å². The van der Waals surface area contributed by atoms with Crippen LogP contribution in [0.2, 0.25) is 0 Å². The highest BCUT2D eigenvalue weighted by Crippen LogP contribution is 2.42. The van der Waals surface area contributed by atoms with Crippen LogP contribution in [0.5, 0.6) is 0 Å². The van der Waals surface area contributed by atoms with Crippen molar-refractivity contribution in [2.75, 3.05) is 32.7 Å². The van der Waals surface area contributed by atoms with Gasteiger partial charge in [0, 0.05) is 76.1 Å². The highest BCUT2D eigenvalue weighted by Gasteiger charge is 2.48. The molecular weight excluding hydrogens is 388 g/mol. The SMILES string of the molecule is Cn1cc(C(=O)N2CCC3(CC2)C[C@H](CN2CCC(F)(F)CC2)O3)c2ccccc21. The largest absolute Gasteiger partial charge is 0.370 e. The number of likely N-dealkylation sites (tertiary alicyclic amines) is 2. The lowest BCUT2D eigenvalue weighted by Gasteiger charge is -2.53. The molecule has 0 saturated carbocycles. The minimum Gasteiger partial charge on any atom is -0.370 e. The summed E-state index contributed by atoms with van der Waals surface area (Å²) in [6.07, 6.45) is 4.63. The molecule has 162 valence electrons. The van der Waals surface area contributed by atoms with Crippen LogP contribution in [0.1, 0.15) is 42.5 Å². The van der Waals surface area contributed by atoms with E-state index in [1.807, 2.05) is 47.0 Å². The summed E-state index contributed by atoms with van der Waals surface area (Å²) in [4.78, 5) is 17.2. The zero-order chi connectivity index (χ0) is 20.9. The quantitative estimate of drug-likeness (QED) is 0.765. The fourth-order valence-corrected chi connectivity index (χ4v) is 5.33. The number of nitrogens with zero attached hydrogens (tertiary/aromatic N) is 3. The lowest BCUT2D eigenvalue weighted by Crippen LogP contribution is -2.60. The maximum Gasteiger partial charge on any atom is 0.256 e. The van der Waals surface area contributed by atoms with E-state index in [0.717, 1.165) is 42.3 Å². The predicted octanol–water partition coefficient (Wildman–Crippen LogP) is 3.67. The number of fused-ring (bicyclic) bond motifs is 1. The van der Waals surface area contributed by atoms with Crippen molar-refractivity contribution in [3.05, 3.63) is 36.0 Å². The van der Waals surface area contributed by atoms with Gasteiger partial charge in [-0.2, -0.15) is 0 Å². The summed E-state index contributed by atoms with van der Waals surface area (Å²) in [5, 5.41) is 0.998. The first-order chi connectivity index (χ1) is 14.3. The second kappa shape index (κ2) is 7.31. The molecule has 30 heavy (non-hydrogen) atoms. The standard InChI is InChI=1S/C23H29F2N3O2/c1-26-16-19(18-4-2-3-5-20(18)26)21(29)28-12-6-22(7-13-28)14-17(30-22)15-27-10-8-23(24,25)9-11-27/h2-5,16-17H,6-15H2,1H3/t17-/m1/s1. The van der Waals surface area contributed by atoms with Crippen molar-refractivity contribution in [3.63, 3.8) is 0 Å². The van der Waals surface area contributed by atoms with E-state index in [1.165, 1.54) is 0 Å². The van der Waals surface area contributed by atoms with Crippen molar-refractivity contribution < 1.29 is 18.3 Å². The van der Waals surface area contributed by atoms with Gasteiger partial charge in [0.1, 0.15) is 0 Å². The Morgan fingerprint density at radius 1 is 1.10 bits per heavy atom. The lowest BCUT2D eigenvalue weighted by atomic mass is 9.80. The average molecular weight is 418 g/mol. The van der Waals surface area contributed by atoms with Crippen LogP contribution in [0.3, 0.4) is 0 Å². The number of para-hydroxylation sites is 1. The molecule has 3 aliphatic heterocycles. The number of benzene rings is 1. The monoisotopic (exact) mass is 417 g/mol. The third-order valence-corrected chi connectivity index (χ3v) is 7.16. The zero-order valence-electron chi connectivity index (χ0n) is 17.4. The highest BCUT2D eigenvalue weighted by molar-refractivity contribution is 6.07. The van der Waals surface area contributed by atoms with Gasteiger partial charge in [-0.15, -0.1) is 0 Å². The van der Waals surface area contributed by atoms with E-state index in [-0.39, 0.29) is 30.5 Å². The molecule has 1 atom stereocenters. The molecule has 1 aromatic carbocycles. The summed E-state index contributed by atoms with van der Waals surface area (Å²) in [7, 11) is 1.97. The third kappa shape index (κ3) is 3.62. The summed E-state index contributed by atoms with van der Waals surface area (Å²) < 4.78 is 34.9. The number of hydrogen-bond donors (Lipinski definition) is 0. The number of aromatic nitrogens is 1. The molecule has 3 fully saturated rings. The summed E-state index contributed by atoms with van der Waals surface area (Å²) >= 11 is 0. The molecule has 0 N–H and O–H groups in total. The van der Waals surface area contributed by atoms with Crippen LogP contribution in [0.4, 0.5) is 8.78 Å². The van der Waals surface area contributed by atoms with E-state index in [2.05, 4.69) is 4.90 Å². The van der Waals surface area contributed by atoms with Crippen LogP contribution in [-0.2, 0) is 11.8 Å². The Morgan fingerprint density at radius 3 is 2.47 bits per heavy atom. The molecule has 2 aromatic rings. The number of carbonyl (C=O) groups excluding carboxylic acids is 1. The molecule has 0 radical (unpaired) electrons. The maximum absolute atomic E-state index is 13.3. The highest BCUT2D eigenvalue weighted by atomic mass is 19.3. The van der Waals surface area contributed by atoms with Crippen LogP contribution >= 0.6 is 0 Å². The van der Waals surface area contributed by atoms with Gasteiger partial charge in [0.15, 0.2) is 0 Å². The van der Waals surface area contributed by atoms with E-state index < -0.39 is 5.92 Å². The molecule has 7 heteroatoms. The summed E-state index contributed by atoms with van der Waals surface area (Å²) in [6, 6.07) is 7.99. The molecule has 3 aliphatic rings. The van der Waals surface area contributed by atoms with Gasteiger partial charge in [0.25, 0.3) is 11.8 Å². The zero-order valence-corrected chi connectivity index (χ0v) is 17.4. The number of ether oxygens (including phenoxy) is 1. The smallest absolute Gasteiger partial charge is 0.256 e. The van der Waals surface area contributed by atoms with Crippen molar-refractivity contribution in [3.8, 4) is 0 Å². The van der Waals surface area contributed by atoms with Crippen molar-refractivity contribution in [2.24, 2.45) is 7.05 Å². The number of amides is 1. The van der Waals surface area contributed by atoms with Crippen LogP contribution in [0.25, 0.3) is 10.9 Å². The molecule has 4 heterocycles. The summed E-state index contributed by atoms with van der Waals surface area (Å²) in [5.74, 6) is -2.41. The Bertz CT molecular complexity index is 931. The Kier molecular flexibility index (Phi) is 4.86. The fourth-order valence-electron chi connectivity index (χ4n) is 5.33. The first-order valence-electron chi connectivity index (χ1n) is 11.0. The van der Waals surface area contributed by atoms with Gasteiger partial charge in [-0.05, 0) is 18.9 Å². The molecule has 1 aromatic heterocycles. The molecule has 5 rings (SSSR count). The number of halogens is 2. The Morgan fingerprint density at radius 2 is 1.77 bits per heavy atom. The second-order valence-electron chi connectivity index (χ2n) is 9.25. The van der Waals surface area contributed by atoms with Crippen LogP contribution in [0.15, 0.2) is 30.5 Å². The molecular formula is C23H29F2N3O2. The Hall–Kier alpha value is -1.99.